The first kappa shape index (κ1) is 11.8. The molecule has 0 spiro atoms. The van der Waals surface area contributed by atoms with Crippen LogP contribution in [-0.2, 0) is 17.6 Å². The Morgan fingerprint density at radius 3 is 2.74 bits per heavy atom. The van der Waals surface area contributed by atoms with Crippen molar-refractivity contribution in [2.75, 3.05) is 0 Å². The van der Waals surface area contributed by atoms with Gasteiger partial charge in [-0.25, -0.2) is 4.98 Å². The third-order valence-electron chi connectivity index (χ3n) is 3.40. The minimum absolute atomic E-state index is 0.186. The summed E-state index contributed by atoms with van der Waals surface area (Å²) in [6.45, 7) is 0. The highest BCUT2D eigenvalue weighted by Crippen LogP contribution is 2.30. The van der Waals surface area contributed by atoms with E-state index in [9.17, 15) is 9.90 Å². The first-order chi connectivity index (χ1) is 9.13. The Kier molecular flexibility index (Phi) is 2.74. The Morgan fingerprint density at radius 1 is 1.32 bits per heavy atom. The largest absolute Gasteiger partial charge is 0.508 e. The molecule has 1 aliphatic carbocycles. The molecule has 1 aromatic heterocycles. The monoisotopic (exact) mass is 259 g/mol. The number of carbonyl (C=O) groups is 1. The summed E-state index contributed by atoms with van der Waals surface area (Å²) in [4.78, 5) is 15.4. The van der Waals surface area contributed by atoms with Crippen molar-refractivity contribution in [3.05, 3.63) is 35.7 Å². The molecular weight excluding hydrogens is 246 g/mol. The van der Waals surface area contributed by atoms with Crippen LogP contribution in [0.5, 0.6) is 5.75 Å². The van der Waals surface area contributed by atoms with Crippen LogP contribution in [0.15, 0.2) is 28.7 Å². The summed E-state index contributed by atoms with van der Waals surface area (Å²) in [5.41, 5.74) is 1.62. The average Bonchev–Trinajstić information content (AvgIpc) is 2.82. The van der Waals surface area contributed by atoms with Crippen LogP contribution in [0.1, 0.15) is 17.9 Å². The van der Waals surface area contributed by atoms with Crippen molar-refractivity contribution in [1.29, 1.82) is 0 Å². The lowest BCUT2D eigenvalue weighted by Gasteiger charge is -2.15. The number of benzene rings is 1. The quantitative estimate of drug-likeness (QED) is 0.864. The molecule has 1 heterocycles. The highest BCUT2D eigenvalue weighted by Gasteiger charge is 2.28. The molecule has 2 aromatic rings. The summed E-state index contributed by atoms with van der Waals surface area (Å²) in [6, 6.07) is 6.58. The normalized spacial score (nSPS) is 18.0. The van der Waals surface area contributed by atoms with E-state index in [1.807, 2.05) is 0 Å². The average molecular weight is 259 g/mol. The van der Waals surface area contributed by atoms with E-state index in [2.05, 4.69) is 4.98 Å². The van der Waals surface area contributed by atoms with Crippen molar-refractivity contribution in [3.63, 3.8) is 0 Å². The van der Waals surface area contributed by atoms with Crippen LogP contribution in [0.4, 0.5) is 0 Å². The van der Waals surface area contributed by atoms with Crippen molar-refractivity contribution in [1.82, 2.24) is 4.98 Å². The molecule has 98 valence electrons. The van der Waals surface area contributed by atoms with Crippen LogP contribution >= 0.6 is 0 Å². The van der Waals surface area contributed by atoms with Crippen molar-refractivity contribution in [2.24, 2.45) is 5.92 Å². The first-order valence-corrected chi connectivity index (χ1v) is 6.14. The molecule has 0 fully saturated rings. The van der Waals surface area contributed by atoms with Gasteiger partial charge in [0.1, 0.15) is 11.5 Å². The van der Waals surface area contributed by atoms with Gasteiger partial charge in [-0.1, -0.05) is 0 Å². The maximum absolute atomic E-state index is 11.0. The minimum atomic E-state index is -0.784. The van der Waals surface area contributed by atoms with Crippen LogP contribution in [-0.4, -0.2) is 21.2 Å². The van der Waals surface area contributed by atoms with E-state index < -0.39 is 5.97 Å². The Balaban J connectivity index is 1.91. The van der Waals surface area contributed by atoms with Gasteiger partial charge in [0.25, 0.3) is 0 Å². The Hall–Kier alpha value is -2.30. The lowest BCUT2D eigenvalue weighted by molar-refractivity contribution is -0.142. The number of carboxylic acid groups (broad SMARTS) is 1. The third kappa shape index (κ3) is 2.19. The summed E-state index contributed by atoms with van der Waals surface area (Å²) in [5, 5.41) is 18.3. The van der Waals surface area contributed by atoms with E-state index in [1.54, 1.807) is 24.3 Å². The fraction of sp³-hybridized carbons (Fsp3) is 0.286. The molecule has 0 bridgehead atoms. The molecule has 0 saturated heterocycles. The van der Waals surface area contributed by atoms with Crippen LogP contribution in [0.25, 0.3) is 11.5 Å². The number of hydrogen-bond acceptors (Lipinski definition) is 4. The standard InChI is InChI=1S/C14H13NO4/c16-10-4-1-8(2-5-10)13-15-11-6-3-9(14(17)18)7-12(11)19-13/h1-2,4-5,9,16H,3,6-7H2,(H,17,18). The fourth-order valence-corrected chi connectivity index (χ4v) is 2.31. The van der Waals surface area contributed by atoms with Gasteiger partial charge in [0.2, 0.25) is 5.89 Å². The molecule has 3 rings (SSSR count). The number of aliphatic carboxylic acids is 1. The van der Waals surface area contributed by atoms with E-state index in [0.29, 0.717) is 30.9 Å². The minimum Gasteiger partial charge on any atom is -0.508 e. The number of aromatic nitrogens is 1. The number of hydrogen-bond donors (Lipinski definition) is 2. The van der Waals surface area contributed by atoms with Crippen molar-refractivity contribution in [2.45, 2.75) is 19.3 Å². The van der Waals surface area contributed by atoms with E-state index in [1.165, 1.54) is 0 Å². The molecule has 1 aromatic carbocycles. The fourth-order valence-electron chi connectivity index (χ4n) is 2.31. The Bertz CT molecular complexity index is 615. The molecule has 19 heavy (non-hydrogen) atoms. The first-order valence-electron chi connectivity index (χ1n) is 6.14. The summed E-state index contributed by atoms with van der Waals surface area (Å²) >= 11 is 0. The smallest absolute Gasteiger partial charge is 0.306 e. The molecule has 1 atom stereocenters. The number of nitrogens with zero attached hydrogens (tertiary/aromatic N) is 1. The van der Waals surface area contributed by atoms with Gasteiger partial charge in [-0.05, 0) is 37.1 Å². The molecule has 1 unspecified atom stereocenters. The number of aromatic hydroxyl groups is 1. The van der Waals surface area contributed by atoms with Gasteiger partial charge in [-0.3, -0.25) is 4.79 Å². The number of phenolic OH excluding ortho intramolecular Hbond substituents is 1. The highest BCUT2D eigenvalue weighted by atomic mass is 16.4. The van der Waals surface area contributed by atoms with Gasteiger partial charge in [-0.15, -0.1) is 0 Å². The highest BCUT2D eigenvalue weighted by molar-refractivity contribution is 5.70. The summed E-state index contributed by atoms with van der Waals surface area (Å²) < 4.78 is 5.66. The van der Waals surface area contributed by atoms with Crippen molar-refractivity contribution >= 4 is 5.97 Å². The van der Waals surface area contributed by atoms with Crippen molar-refractivity contribution < 1.29 is 19.4 Å². The number of rotatable bonds is 2. The van der Waals surface area contributed by atoms with Gasteiger partial charge in [-0.2, -0.15) is 0 Å². The van der Waals surface area contributed by atoms with E-state index in [4.69, 9.17) is 9.52 Å². The van der Waals surface area contributed by atoms with E-state index in [-0.39, 0.29) is 11.7 Å². The van der Waals surface area contributed by atoms with Crippen LogP contribution < -0.4 is 0 Å². The number of phenols is 1. The zero-order chi connectivity index (χ0) is 13.4. The zero-order valence-electron chi connectivity index (χ0n) is 10.2. The maximum atomic E-state index is 11.0. The topological polar surface area (TPSA) is 83.6 Å². The van der Waals surface area contributed by atoms with Crippen LogP contribution in [0.2, 0.25) is 0 Å². The molecule has 0 saturated carbocycles. The molecule has 5 nitrogen and oxygen atoms in total. The predicted octanol–water partition coefficient (Wildman–Crippen LogP) is 2.24. The molecule has 0 radical (unpaired) electrons. The van der Waals surface area contributed by atoms with Gasteiger partial charge in [0, 0.05) is 12.0 Å². The van der Waals surface area contributed by atoms with Gasteiger partial charge in [0.15, 0.2) is 0 Å². The SMILES string of the molecule is O=C(O)C1CCc2nc(-c3ccc(O)cc3)oc2C1. The predicted molar refractivity (Wildman–Crippen MR) is 66.8 cm³/mol. The lowest BCUT2D eigenvalue weighted by Crippen LogP contribution is -2.21. The van der Waals surface area contributed by atoms with E-state index >= 15 is 0 Å². The Labute approximate surface area is 109 Å². The van der Waals surface area contributed by atoms with Gasteiger partial charge in [0.05, 0.1) is 11.6 Å². The molecule has 2 N–H and O–H groups in total. The number of carboxylic acids is 1. The number of fused-ring (bicyclic) bond motifs is 1. The summed E-state index contributed by atoms with van der Waals surface area (Å²) in [5.74, 6) is 0.171. The van der Waals surface area contributed by atoms with E-state index in [0.717, 1.165) is 11.3 Å². The molecule has 1 aliphatic rings. The summed E-state index contributed by atoms with van der Waals surface area (Å²) in [7, 11) is 0. The maximum Gasteiger partial charge on any atom is 0.306 e. The van der Waals surface area contributed by atoms with Crippen LogP contribution in [0, 0.1) is 5.92 Å². The zero-order valence-corrected chi connectivity index (χ0v) is 10.2. The molecule has 5 heteroatoms. The van der Waals surface area contributed by atoms with Gasteiger partial charge < -0.3 is 14.6 Å². The van der Waals surface area contributed by atoms with Crippen molar-refractivity contribution in [3.8, 4) is 17.2 Å². The number of oxazole rings is 1. The third-order valence-corrected chi connectivity index (χ3v) is 3.40. The molecular formula is C14H13NO4. The van der Waals surface area contributed by atoms with Gasteiger partial charge >= 0.3 is 5.97 Å². The Morgan fingerprint density at radius 2 is 2.05 bits per heavy atom. The lowest BCUT2D eigenvalue weighted by atomic mass is 9.91. The van der Waals surface area contributed by atoms with Crippen LogP contribution in [0.3, 0.4) is 0 Å². The molecule has 0 aliphatic heterocycles. The molecule has 0 amide bonds. The second-order valence-corrected chi connectivity index (χ2v) is 4.71. The second kappa shape index (κ2) is 4.42. The summed E-state index contributed by atoms with van der Waals surface area (Å²) in [6.07, 6.45) is 1.63. The second-order valence-electron chi connectivity index (χ2n) is 4.71. The number of aryl methyl sites for hydroxylation is 1.